The fourth-order valence-electron chi connectivity index (χ4n) is 4.61. The van der Waals surface area contributed by atoms with Gasteiger partial charge in [0.15, 0.2) is 5.76 Å². The molecule has 0 unspecified atom stereocenters. The topological polar surface area (TPSA) is 74.0 Å². The van der Waals surface area contributed by atoms with E-state index in [4.69, 9.17) is 4.42 Å². The van der Waals surface area contributed by atoms with Gasteiger partial charge in [-0.1, -0.05) is 18.2 Å². The Kier molecular flexibility index (Phi) is 4.68. The van der Waals surface area contributed by atoms with Crippen LogP contribution in [0.25, 0.3) is 11.0 Å². The number of carbonyl (C=O) groups excluding carboxylic acids is 2. The molecule has 2 aliphatic rings. The Balaban J connectivity index is 1.54. The van der Waals surface area contributed by atoms with Crippen LogP contribution >= 0.6 is 0 Å². The van der Waals surface area contributed by atoms with E-state index in [1.54, 1.807) is 4.90 Å². The highest BCUT2D eigenvalue weighted by atomic mass is 16.3. The minimum Gasteiger partial charge on any atom is -0.451 e. The molecule has 1 aromatic carbocycles. The average molecular weight is 370 g/mol. The first-order valence-corrected chi connectivity index (χ1v) is 9.68. The molecule has 0 radical (unpaired) electrons. The summed E-state index contributed by atoms with van der Waals surface area (Å²) in [5, 5.41) is 10.2. The number of rotatable bonds is 3. The third kappa shape index (κ3) is 3.34. The molecule has 2 saturated heterocycles. The summed E-state index contributed by atoms with van der Waals surface area (Å²) in [5.41, 5.74) is 1.72. The fourth-order valence-corrected chi connectivity index (χ4v) is 4.61. The summed E-state index contributed by atoms with van der Waals surface area (Å²) in [6.07, 6.45) is 3.22. The quantitative estimate of drug-likeness (QED) is 0.901. The van der Waals surface area contributed by atoms with Gasteiger partial charge in [0, 0.05) is 43.4 Å². The largest absolute Gasteiger partial charge is 0.451 e. The highest BCUT2D eigenvalue weighted by molar-refractivity contribution is 5.96. The van der Waals surface area contributed by atoms with Crippen LogP contribution in [0.3, 0.4) is 0 Å². The second kappa shape index (κ2) is 7.00. The normalized spacial score (nSPS) is 23.4. The van der Waals surface area contributed by atoms with Crippen LogP contribution in [-0.4, -0.2) is 59.5 Å². The average Bonchev–Trinajstić information content (AvgIpc) is 3.10. The summed E-state index contributed by atoms with van der Waals surface area (Å²) in [5.74, 6) is 0.414. The highest BCUT2D eigenvalue weighted by Crippen LogP contribution is 2.39. The lowest BCUT2D eigenvalue weighted by Crippen LogP contribution is -2.55. The maximum Gasteiger partial charge on any atom is 0.289 e. The van der Waals surface area contributed by atoms with Crippen molar-refractivity contribution in [3.05, 3.63) is 35.6 Å². The van der Waals surface area contributed by atoms with Crippen LogP contribution in [0.1, 0.15) is 41.8 Å². The van der Waals surface area contributed by atoms with Gasteiger partial charge in [0.25, 0.3) is 5.91 Å². The summed E-state index contributed by atoms with van der Waals surface area (Å²) in [6.45, 7) is 4.29. The van der Waals surface area contributed by atoms with Crippen molar-refractivity contribution in [1.82, 2.24) is 9.80 Å². The standard InChI is InChI=1S/C21H26N2O4/c1-15-4-2-5-16-12-17(27-19(15)16)20(26)23-9-3-7-21(14-23)8-6-18(25)22(13-21)10-11-24/h2,4-5,12,24H,3,6-11,13-14H2,1H3/t21-/m0/s1. The first-order chi connectivity index (χ1) is 13.0. The van der Waals surface area contributed by atoms with Crippen LogP contribution in [-0.2, 0) is 4.79 Å². The van der Waals surface area contributed by atoms with Gasteiger partial charge in [0.1, 0.15) is 5.58 Å². The Morgan fingerprint density at radius 1 is 1.30 bits per heavy atom. The number of hydrogen-bond donors (Lipinski definition) is 1. The summed E-state index contributed by atoms with van der Waals surface area (Å²) < 4.78 is 5.88. The summed E-state index contributed by atoms with van der Waals surface area (Å²) in [6, 6.07) is 7.73. The zero-order valence-corrected chi connectivity index (χ0v) is 15.7. The Bertz CT molecular complexity index is 874. The van der Waals surface area contributed by atoms with Gasteiger partial charge in [-0.15, -0.1) is 0 Å². The number of amides is 2. The summed E-state index contributed by atoms with van der Waals surface area (Å²) >= 11 is 0. The SMILES string of the molecule is Cc1cccc2cc(C(=O)N3CCC[C@@]4(CCC(=O)N(CCO)C4)C3)oc12. The van der Waals surface area contributed by atoms with E-state index in [9.17, 15) is 14.7 Å². The van der Waals surface area contributed by atoms with Crippen molar-refractivity contribution in [2.24, 2.45) is 5.41 Å². The van der Waals surface area contributed by atoms with Gasteiger partial charge in [-0.2, -0.15) is 0 Å². The van der Waals surface area contributed by atoms with Crippen molar-refractivity contribution in [2.45, 2.75) is 32.6 Å². The molecule has 6 nitrogen and oxygen atoms in total. The Hall–Kier alpha value is -2.34. The molecule has 27 heavy (non-hydrogen) atoms. The molecule has 2 fully saturated rings. The Morgan fingerprint density at radius 2 is 2.15 bits per heavy atom. The van der Waals surface area contributed by atoms with E-state index in [2.05, 4.69) is 0 Å². The van der Waals surface area contributed by atoms with Crippen LogP contribution in [0.15, 0.2) is 28.7 Å². The van der Waals surface area contributed by atoms with Crippen molar-refractivity contribution in [3.63, 3.8) is 0 Å². The molecular formula is C21H26N2O4. The van der Waals surface area contributed by atoms with Gasteiger partial charge in [0.2, 0.25) is 5.91 Å². The predicted molar refractivity (Wildman–Crippen MR) is 101 cm³/mol. The molecule has 0 saturated carbocycles. The van der Waals surface area contributed by atoms with E-state index in [0.717, 1.165) is 35.8 Å². The Labute approximate surface area is 158 Å². The van der Waals surface area contributed by atoms with Gasteiger partial charge in [0.05, 0.1) is 6.61 Å². The zero-order chi connectivity index (χ0) is 19.0. The van der Waals surface area contributed by atoms with Crippen LogP contribution in [0.5, 0.6) is 0 Å². The lowest BCUT2D eigenvalue weighted by molar-refractivity contribution is -0.139. The van der Waals surface area contributed by atoms with E-state index in [1.807, 2.05) is 36.1 Å². The number of piperidine rings is 2. The minimum atomic E-state index is -0.0738. The van der Waals surface area contributed by atoms with E-state index in [1.165, 1.54) is 0 Å². The molecular weight excluding hydrogens is 344 g/mol. The van der Waals surface area contributed by atoms with Crippen molar-refractivity contribution >= 4 is 22.8 Å². The number of carbonyl (C=O) groups is 2. The number of nitrogens with zero attached hydrogens (tertiary/aromatic N) is 2. The number of β-amino-alcohol motifs (C(OH)–C–C–N with tert-alkyl or cyclic N) is 1. The van der Waals surface area contributed by atoms with E-state index in [-0.39, 0.29) is 23.8 Å². The molecule has 1 aromatic heterocycles. The number of aliphatic hydroxyl groups excluding tert-OH is 1. The number of likely N-dealkylation sites (tertiary alicyclic amines) is 2. The van der Waals surface area contributed by atoms with Crippen molar-refractivity contribution in [3.8, 4) is 0 Å². The number of hydrogen-bond acceptors (Lipinski definition) is 4. The second-order valence-corrected chi connectivity index (χ2v) is 7.97. The molecule has 2 aliphatic heterocycles. The van der Waals surface area contributed by atoms with Gasteiger partial charge >= 0.3 is 0 Å². The molecule has 2 aromatic rings. The maximum absolute atomic E-state index is 13.1. The summed E-state index contributed by atoms with van der Waals surface area (Å²) in [4.78, 5) is 28.8. The van der Waals surface area contributed by atoms with Gasteiger partial charge in [-0.05, 0) is 37.8 Å². The Morgan fingerprint density at radius 3 is 2.93 bits per heavy atom. The second-order valence-electron chi connectivity index (χ2n) is 7.97. The molecule has 1 spiro atoms. The molecule has 1 atom stereocenters. The fraction of sp³-hybridized carbons (Fsp3) is 0.524. The van der Waals surface area contributed by atoms with Crippen molar-refractivity contribution < 1.29 is 19.1 Å². The zero-order valence-electron chi connectivity index (χ0n) is 15.7. The van der Waals surface area contributed by atoms with Crippen LogP contribution < -0.4 is 0 Å². The van der Waals surface area contributed by atoms with Crippen LogP contribution in [0, 0.1) is 12.3 Å². The first-order valence-electron chi connectivity index (χ1n) is 9.68. The summed E-state index contributed by atoms with van der Waals surface area (Å²) in [7, 11) is 0. The third-order valence-electron chi connectivity index (χ3n) is 6.02. The lowest BCUT2D eigenvalue weighted by Gasteiger charge is -2.48. The highest BCUT2D eigenvalue weighted by Gasteiger charge is 2.43. The lowest BCUT2D eigenvalue weighted by atomic mass is 9.73. The maximum atomic E-state index is 13.1. The first kappa shape index (κ1) is 18.0. The molecule has 3 heterocycles. The van der Waals surface area contributed by atoms with E-state index >= 15 is 0 Å². The van der Waals surface area contributed by atoms with E-state index in [0.29, 0.717) is 38.4 Å². The van der Waals surface area contributed by atoms with Crippen molar-refractivity contribution in [1.29, 1.82) is 0 Å². The van der Waals surface area contributed by atoms with E-state index < -0.39 is 0 Å². The molecule has 6 heteroatoms. The van der Waals surface area contributed by atoms with Gasteiger partial charge < -0.3 is 19.3 Å². The van der Waals surface area contributed by atoms with Crippen molar-refractivity contribution in [2.75, 3.05) is 32.8 Å². The molecule has 1 N–H and O–H groups in total. The minimum absolute atomic E-state index is 0.0250. The number of furan rings is 1. The van der Waals surface area contributed by atoms with Gasteiger partial charge in [-0.3, -0.25) is 9.59 Å². The number of benzene rings is 1. The monoisotopic (exact) mass is 370 g/mol. The molecule has 144 valence electrons. The van der Waals surface area contributed by atoms with Gasteiger partial charge in [-0.25, -0.2) is 0 Å². The third-order valence-corrected chi connectivity index (χ3v) is 6.02. The molecule has 4 rings (SSSR count). The number of fused-ring (bicyclic) bond motifs is 1. The number of aliphatic hydroxyl groups is 1. The predicted octanol–water partition coefficient (Wildman–Crippen LogP) is 2.58. The number of aryl methyl sites for hydroxylation is 1. The number of para-hydroxylation sites is 1. The molecule has 2 amide bonds. The smallest absolute Gasteiger partial charge is 0.289 e. The molecule has 0 aliphatic carbocycles. The molecule has 0 bridgehead atoms. The van der Waals surface area contributed by atoms with Crippen LogP contribution in [0.4, 0.5) is 0 Å². The van der Waals surface area contributed by atoms with Crippen LogP contribution in [0.2, 0.25) is 0 Å².